The molecule has 0 saturated carbocycles. The highest BCUT2D eigenvalue weighted by molar-refractivity contribution is 7.91. The van der Waals surface area contributed by atoms with Crippen LogP contribution < -0.4 is 0 Å². The van der Waals surface area contributed by atoms with E-state index in [1.54, 1.807) is 23.1 Å². The summed E-state index contributed by atoms with van der Waals surface area (Å²) >= 11 is 0. The summed E-state index contributed by atoms with van der Waals surface area (Å²) in [6.07, 6.45) is 15.4. The molecule has 9 heteroatoms. The molecule has 1 atom stereocenters. The third kappa shape index (κ3) is 8.50. The summed E-state index contributed by atoms with van der Waals surface area (Å²) in [5.41, 5.74) is 0.833. The Morgan fingerprint density at radius 3 is 2.05 bits per heavy atom. The van der Waals surface area contributed by atoms with Gasteiger partial charge in [0.1, 0.15) is 12.7 Å². The second-order valence-corrected chi connectivity index (χ2v) is 13.6. The van der Waals surface area contributed by atoms with Crippen LogP contribution in [-0.2, 0) is 26.2 Å². The topological polar surface area (TPSA) is 99.0 Å². The lowest BCUT2D eigenvalue weighted by molar-refractivity contribution is 0.466. The van der Waals surface area contributed by atoms with Crippen LogP contribution in [0.3, 0.4) is 0 Å². The highest BCUT2D eigenvalue weighted by Gasteiger charge is 2.25. The number of benzene rings is 2. The van der Waals surface area contributed by atoms with E-state index in [-0.39, 0.29) is 15.7 Å². The first-order valence-electron chi connectivity index (χ1n) is 13.2. The second-order valence-electron chi connectivity index (χ2n) is 9.69. The molecular formula is C28H39N3O4S2. The van der Waals surface area contributed by atoms with Crippen LogP contribution in [0.15, 0.2) is 75.9 Å². The molecule has 0 aliphatic rings. The molecule has 0 saturated heterocycles. The summed E-state index contributed by atoms with van der Waals surface area (Å²) in [4.78, 5) is 4.51. The molecule has 0 amide bonds. The van der Waals surface area contributed by atoms with E-state index in [4.69, 9.17) is 0 Å². The SMILES string of the molecule is CCCCCCCCCC(CCCn1cncn1)c1ccccc1S(=O)(=O)c1ccc(S(C)(=O)=O)cc1. The Kier molecular flexibility index (Phi) is 10.9. The maximum Gasteiger partial charge on any atom is 0.206 e. The molecule has 2 aromatic carbocycles. The zero-order valence-electron chi connectivity index (χ0n) is 21.9. The van der Waals surface area contributed by atoms with E-state index in [1.165, 1.54) is 62.7 Å². The van der Waals surface area contributed by atoms with E-state index in [2.05, 4.69) is 17.0 Å². The summed E-state index contributed by atoms with van der Waals surface area (Å²) in [5, 5.41) is 4.18. The summed E-state index contributed by atoms with van der Waals surface area (Å²) in [6.45, 7) is 2.95. The molecular weight excluding hydrogens is 506 g/mol. The van der Waals surface area contributed by atoms with Crippen LogP contribution >= 0.6 is 0 Å². The summed E-state index contributed by atoms with van der Waals surface area (Å²) in [5.74, 6) is 0.0976. The Balaban J connectivity index is 1.81. The first-order valence-corrected chi connectivity index (χ1v) is 16.6. The normalized spacial score (nSPS) is 13.0. The van der Waals surface area contributed by atoms with Crippen molar-refractivity contribution in [1.82, 2.24) is 14.8 Å². The second kappa shape index (κ2) is 13.9. The molecule has 7 nitrogen and oxygen atoms in total. The smallest absolute Gasteiger partial charge is 0.206 e. The van der Waals surface area contributed by atoms with Gasteiger partial charge in [-0.2, -0.15) is 5.10 Å². The van der Waals surface area contributed by atoms with Gasteiger partial charge in [0.25, 0.3) is 0 Å². The molecule has 0 aliphatic carbocycles. The maximum absolute atomic E-state index is 13.7. The summed E-state index contributed by atoms with van der Waals surface area (Å²) in [6, 6.07) is 12.7. The van der Waals surface area contributed by atoms with Crippen molar-refractivity contribution >= 4 is 19.7 Å². The quantitative estimate of drug-likeness (QED) is 0.198. The highest BCUT2D eigenvalue weighted by Crippen LogP contribution is 2.35. The summed E-state index contributed by atoms with van der Waals surface area (Å²) in [7, 11) is -7.22. The van der Waals surface area contributed by atoms with Gasteiger partial charge in [0, 0.05) is 12.8 Å². The average molecular weight is 546 g/mol. The van der Waals surface area contributed by atoms with Gasteiger partial charge in [0.2, 0.25) is 9.84 Å². The van der Waals surface area contributed by atoms with E-state index >= 15 is 0 Å². The minimum absolute atomic E-state index is 0.0976. The van der Waals surface area contributed by atoms with Crippen LogP contribution in [0.25, 0.3) is 0 Å². The zero-order chi connectivity index (χ0) is 26.7. The first kappa shape index (κ1) is 29.0. The van der Waals surface area contributed by atoms with Crippen LogP contribution in [-0.4, -0.2) is 37.9 Å². The van der Waals surface area contributed by atoms with E-state index < -0.39 is 19.7 Å². The molecule has 3 aromatic rings. The number of unbranched alkanes of at least 4 members (excludes halogenated alkanes) is 6. The van der Waals surface area contributed by atoms with Gasteiger partial charge in [0.05, 0.1) is 14.7 Å². The Hall–Kier alpha value is -2.52. The van der Waals surface area contributed by atoms with Gasteiger partial charge < -0.3 is 0 Å². The first-order chi connectivity index (χ1) is 17.7. The number of rotatable bonds is 16. The number of sulfone groups is 2. The number of nitrogens with zero attached hydrogens (tertiary/aromatic N) is 3. The van der Waals surface area contributed by atoms with Gasteiger partial charge in [-0.1, -0.05) is 70.1 Å². The fraction of sp³-hybridized carbons (Fsp3) is 0.500. The molecule has 1 unspecified atom stereocenters. The molecule has 0 N–H and O–H groups in total. The number of aryl methyl sites for hydroxylation is 1. The van der Waals surface area contributed by atoms with Crippen LogP contribution in [0.1, 0.15) is 82.6 Å². The molecule has 0 fully saturated rings. The molecule has 0 radical (unpaired) electrons. The van der Waals surface area contributed by atoms with Gasteiger partial charge >= 0.3 is 0 Å². The number of aromatic nitrogens is 3. The Morgan fingerprint density at radius 1 is 0.784 bits per heavy atom. The van der Waals surface area contributed by atoms with E-state index in [1.807, 2.05) is 12.1 Å². The van der Waals surface area contributed by atoms with Crippen LogP contribution in [0.5, 0.6) is 0 Å². The molecule has 202 valence electrons. The predicted molar refractivity (Wildman–Crippen MR) is 146 cm³/mol. The monoisotopic (exact) mass is 545 g/mol. The molecule has 0 bridgehead atoms. The molecule has 37 heavy (non-hydrogen) atoms. The number of hydrogen-bond donors (Lipinski definition) is 0. The fourth-order valence-electron chi connectivity index (χ4n) is 4.71. The fourth-order valence-corrected chi connectivity index (χ4v) is 6.89. The number of hydrogen-bond acceptors (Lipinski definition) is 6. The van der Waals surface area contributed by atoms with Crippen molar-refractivity contribution in [1.29, 1.82) is 0 Å². The minimum atomic E-state index is -3.81. The molecule has 3 rings (SSSR count). The molecule has 1 aromatic heterocycles. The zero-order valence-corrected chi connectivity index (χ0v) is 23.6. The van der Waals surface area contributed by atoms with Gasteiger partial charge in [-0.25, -0.2) is 21.8 Å². The van der Waals surface area contributed by atoms with Crippen molar-refractivity contribution in [3.05, 3.63) is 66.7 Å². The Morgan fingerprint density at radius 2 is 1.41 bits per heavy atom. The standard InChI is InChI=1S/C28H39N3O4S2/c1-3-4-5-6-7-8-9-13-24(14-12-21-31-23-29-22-30-31)27-15-10-11-16-28(27)37(34,35)26-19-17-25(18-20-26)36(2,32)33/h10-11,15-20,22-24H,3-9,12-14,21H2,1-2H3. The predicted octanol–water partition coefficient (Wildman–Crippen LogP) is 6.22. The van der Waals surface area contributed by atoms with E-state index in [9.17, 15) is 16.8 Å². The molecule has 0 spiro atoms. The lowest BCUT2D eigenvalue weighted by atomic mass is 9.89. The van der Waals surface area contributed by atoms with Crippen molar-refractivity contribution in [3.63, 3.8) is 0 Å². The highest BCUT2D eigenvalue weighted by atomic mass is 32.2. The molecule has 1 heterocycles. The lowest BCUT2D eigenvalue weighted by Crippen LogP contribution is -2.11. The molecule has 0 aliphatic heterocycles. The van der Waals surface area contributed by atoms with Gasteiger partial charge in [-0.3, -0.25) is 4.68 Å². The summed E-state index contributed by atoms with van der Waals surface area (Å²) < 4.78 is 52.8. The van der Waals surface area contributed by atoms with Crippen LogP contribution in [0.4, 0.5) is 0 Å². The van der Waals surface area contributed by atoms with Crippen LogP contribution in [0, 0.1) is 0 Å². The van der Waals surface area contributed by atoms with Gasteiger partial charge in [0.15, 0.2) is 9.84 Å². The van der Waals surface area contributed by atoms with Gasteiger partial charge in [-0.05, 0) is 61.1 Å². The third-order valence-corrected chi connectivity index (χ3v) is 9.75. The largest absolute Gasteiger partial charge is 0.253 e. The third-order valence-electron chi connectivity index (χ3n) is 6.77. The van der Waals surface area contributed by atoms with Crippen molar-refractivity contribution in [2.45, 2.75) is 98.3 Å². The van der Waals surface area contributed by atoms with Crippen molar-refractivity contribution in [2.75, 3.05) is 6.26 Å². The van der Waals surface area contributed by atoms with E-state index in [0.717, 1.165) is 50.5 Å². The Bertz CT molecular complexity index is 1300. The van der Waals surface area contributed by atoms with Crippen molar-refractivity contribution < 1.29 is 16.8 Å². The maximum atomic E-state index is 13.7. The Labute approximate surface area is 222 Å². The van der Waals surface area contributed by atoms with Gasteiger partial charge in [-0.15, -0.1) is 0 Å². The average Bonchev–Trinajstić information content (AvgIpc) is 3.40. The minimum Gasteiger partial charge on any atom is -0.253 e. The van der Waals surface area contributed by atoms with Crippen LogP contribution in [0.2, 0.25) is 0 Å². The van der Waals surface area contributed by atoms with Crippen molar-refractivity contribution in [2.24, 2.45) is 0 Å². The van der Waals surface area contributed by atoms with Crippen molar-refractivity contribution in [3.8, 4) is 0 Å². The lowest BCUT2D eigenvalue weighted by Gasteiger charge is -2.21. The van der Waals surface area contributed by atoms with E-state index in [0.29, 0.717) is 4.90 Å².